The summed E-state index contributed by atoms with van der Waals surface area (Å²) >= 11 is 0. The smallest absolute Gasteiger partial charge is 0.259 e. The molecule has 5 heteroatoms. The maximum Gasteiger partial charge on any atom is 0.259 e. The molecule has 0 bridgehead atoms. The molecule has 5 nitrogen and oxygen atoms in total. The van der Waals surface area contributed by atoms with Gasteiger partial charge in [0.15, 0.2) is 18.1 Å². The molecule has 1 N–H and O–H groups in total. The molecule has 1 aromatic rings. The number of carbonyl (C=O) groups is 1. The van der Waals surface area contributed by atoms with Crippen molar-refractivity contribution in [2.75, 3.05) is 27.3 Å². The first-order valence-electron chi connectivity index (χ1n) is 7.42. The maximum absolute atomic E-state index is 11.7. The standard InChI is InChI=1S/C16H24N2O3/c1-4-20-14-7-5-6-12(10-17-13-8-9-13)16(14)21-11-15(19)18(2)3/h5-7,13,17H,4,8-11H2,1-3H3. The monoisotopic (exact) mass is 292 g/mol. The van der Waals surface area contributed by atoms with Crippen LogP contribution in [0.3, 0.4) is 0 Å². The van der Waals surface area contributed by atoms with Gasteiger partial charge in [0.05, 0.1) is 6.61 Å². The molecule has 21 heavy (non-hydrogen) atoms. The predicted molar refractivity (Wildman–Crippen MR) is 81.7 cm³/mol. The van der Waals surface area contributed by atoms with Crippen LogP contribution in [0.2, 0.25) is 0 Å². The average molecular weight is 292 g/mol. The van der Waals surface area contributed by atoms with Crippen molar-refractivity contribution in [2.24, 2.45) is 0 Å². The minimum Gasteiger partial charge on any atom is -0.490 e. The van der Waals surface area contributed by atoms with Crippen LogP contribution in [0.1, 0.15) is 25.3 Å². The Morgan fingerprint density at radius 1 is 1.33 bits per heavy atom. The van der Waals surface area contributed by atoms with Crippen molar-refractivity contribution < 1.29 is 14.3 Å². The van der Waals surface area contributed by atoms with Crippen LogP contribution in [0, 0.1) is 0 Å². The number of amides is 1. The molecule has 0 radical (unpaired) electrons. The molecule has 0 aliphatic heterocycles. The molecule has 0 heterocycles. The molecule has 0 atom stereocenters. The Bertz CT molecular complexity index is 484. The molecular weight excluding hydrogens is 268 g/mol. The van der Waals surface area contributed by atoms with Gasteiger partial charge >= 0.3 is 0 Å². The molecule has 1 aliphatic rings. The lowest BCUT2D eigenvalue weighted by molar-refractivity contribution is -0.130. The molecule has 116 valence electrons. The largest absolute Gasteiger partial charge is 0.490 e. The van der Waals surface area contributed by atoms with Crippen molar-refractivity contribution in [3.05, 3.63) is 23.8 Å². The van der Waals surface area contributed by atoms with Gasteiger partial charge in [0.25, 0.3) is 5.91 Å². The second kappa shape index (κ2) is 7.31. The first kappa shape index (κ1) is 15.6. The Hall–Kier alpha value is -1.75. The van der Waals surface area contributed by atoms with Gasteiger partial charge in [-0.2, -0.15) is 0 Å². The number of benzene rings is 1. The van der Waals surface area contributed by atoms with E-state index >= 15 is 0 Å². The first-order chi connectivity index (χ1) is 10.1. The van der Waals surface area contributed by atoms with Crippen LogP contribution in [0.5, 0.6) is 11.5 Å². The summed E-state index contributed by atoms with van der Waals surface area (Å²) in [6.07, 6.45) is 2.47. The number of hydrogen-bond acceptors (Lipinski definition) is 4. The topological polar surface area (TPSA) is 50.8 Å². The summed E-state index contributed by atoms with van der Waals surface area (Å²) in [6, 6.07) is 6.46. The highest BCUT2D eigenvalue weighted by Crippen LogP contribution is 2.32. The van der Waals surface area contributed by atoms with E-state index in [0.717, 1.165) is 12.1 Å². The summed E-state index contributed by atoms with van der Waals surface area (Å²) in [5.41, 5.74) is 1.03. The molecular formula is C16H24N2O3. The van der Waals surface area contributed by atoms with Crippen LogP contribution in [0.4, 0.5) is 0 Å². The van der Waals surface area contributed by atoms with Gasteiger partial charge in [-0.15, -0.1) is 0 Å². The van der Waals surface area contributed by atoms with Gasteiger partial charge in [-0.1, -0.05) is 12.1 Å². The molecule has 1 fully saturated rings. The number of likely N-dealkylation sites (N-methyl/N-ethyl adjacent to an activating group) is 1. The van der Waals surface area contributed by atoms with Gasteiger partial charge < -0.3 is 19.7 Å². The highest BCUT2D eigenvalue weighted by atomic mass is 16.5. The molecule has 0 unspecified atom stereocenters. The molecule has 0 spiro atoms. The minimum absolute atomic E-state index is 0.0213. The van der Waals surface area contributed by atoms with Crippen LogP contribution in [-0.4, -0.2) is 44.2 Å². The molecule has 1 aliphatic carbocycles. The number of para-hydroxylation sites is 1. The summed E-state index contributed by atoms with van der Waals surface area (Å²) in [5, 5.41) is 3.46. The van der Waals surface area contributed by atoms with Crippen LogP contribution in [-0.2, 0) is 11.3 Å². The molecule has 1 saturated carbocycles. The van der Waals surface area contributed by atoms with Crippen LogP contribution in [0.25, 0.3) is 0 Å². The highest BCUT2D eigenvalue weighted by Gasteiger charge is 2.21. The molecule has 0 saturated heterocycles. The predicted octanol–water partition coefficient (Wildman–Crippen LogP) is 1.80. The molecule has 1 amide bonds. The third-order valence-corrected chi connectivity index (χ3v) is 3.36. The third kappa shape index (κ3) is 4.63. The van der Waals surface area contributed by atoms with E-state index in [2.05, 4.69) is 5.32 Å². The summed E-state index contributed by atoms with van der Waals surface area (Å²) in [4.78, 5) is 13.2. The quantitative estimate of drug-likeness (QED) is 0.794. The van der Waals surface area contributed by atoms with Gasteiger partial charge in [0.1, 0.15) is 0 Å². The molecule has 0 aromatic heterocycles. The van der Waals surface area contributed by atoms with E-state index in [4.69, 9.17) is 9.47 Å². The fourth-order valence-corrected chi connectivity index (χ4v) is 1.94. The summed E-state index contributed by atoms with van der Waals surface area (Å²) in [6.45, 7) is 3.26. The Morgan fingerprint density at radius 3 is 2.71 bits per heavy atom. The van der Waals surface area contributed by atoms with E-state index in [9.17, 15) is 4.79 Å². The zero-order valence-corrected chi connectivity index (χ0v) is 13.0. The van der Waals surface area contributed by atoms with Crippen molar-refractivity contribution in [1.82, 2.24) is 10.2 Å². The van der Waals surface area contributed by atoms with Gasteiger partial charge in [0.2, 0.25) is 0 Å². The third-order valence-electron chi connectivity index (χ3n) is 3.36. The van der Waals surface area contributed by atoms with Crippen molar-refractivity contribution in [2.45, 2.75) is 32.4 Å². The fourth-order valence-electron chi connectivity index (χ4n) is 1.94. The summed E-state index contributed by atoms with van der Waals surface area (Å²) in [5.74, 6) is 1.30. The van der Waals surface area contributed by atoms with Crippen molar-refractivity contribution in [1.29, 1.82) is 0 Å². The minimum atomic E-state index is -0.0672. The van der Waals surface area contributed by atoms with E-state index in [0.29, 0.717) is 24.1 Å². The Labute approximate surface area is 126 Å². The SMILES string of the molecule is CCOc1cccc(CNC2CC2)c1OCC(=O)N(C)C. The van der Waals surface area contributed by atoms with Crippen LogP contribution in [0.15, 0.2) is 18.2 Å². The fraction of sp³-hybridized carbons (Fsp3) is 0.562. The van der Waals surface area contributed by atoms with Crippen molar-refractivity contribution in [3.8, 4) is 11.5 Å². The second-order valence-corrected chi connectivity index (χ2v) is 5.41. The van der Waals surface area contributed by atoms with E-state index in [1.54, 1.807) is 14.1 Å². The van der Waals surface area contributed by atoms with Crippen molar-refractivity contribution >= 4 is 5.91 Å². The van der Waals surface area contributed by atoms with Gasteiger partial charge in [-0.05, 0) is 25.8 Å². The number of hydrogen-bond donors (Lipinski definition) is 1. The van der Waals surface area contributed by atoms with Gasteiger partial charge in [0, 0.05) is 32.2 Å². The first-order valence-corrected chi connectivity index (χ1v) is 7.42. The zero-order valence-electron chi connectivity index (χ0n) is 13.0. The summed E-state index contributed by atoms with van der Waals surface area (Å²) < 4.78 is 11.4. The van der Waals surface area contributed by atoms with E-state index < -0.39 is 0 Å². The zero-order chi connectivity index (χ0) is 15.2. The maximum atomic E-state index is 11.7. The Morgan fingerprint density at radius 2 is 2.10 bits per heavy atom. The lowest BCUT2D eigenvalue weighted by Gasteiger charge is -2.17. The van der Waals surface area contributed by atoms with Crippen LogP contribution < -0.4 is 14.8 Å². The average Bonchev–Trinajstić information content (AvgIpc) is 3.28. The Kier molecular flexibility index (Phi) is 5.44. The number of nitrogens with zero attached hydrogens (tertiary/aromatic N) is 1. The van der Waals surface area contributed by atoms with E-state index in [-0.39, 0.29) is 12.5 Å². The van der Waals surface area contributed by atoms with Gasteiger partial charge in [-0.3, -0.25) is 4.79 Å². The molecule has 1 aromatic carbocycles. The van der Waals surface area contributed by atoms with E-state index in [1.165, 1.54) is 17.7 Å². The number of ether oxygens (including phenoxy) is 2. The van der Waals surface area contributed by atoms with Gasteiger partial charge in [-0.25, -0.2) is 0 Å². The van der Waals surface area contributed by atoms with E-state index in [1.807, 2.05) is 25.1 Å². The normalized spacial score (nSPS) is 13.9. The van der Waals surface area contributed by atoms with Crippen molar-refractivity contribution in [3.63, 3.8) is 0 Å². The molecule has 2 rings (SSSR count). The number of rotatable bonds is 8. The summed E-state index contributed by atoms with van der Waals surface area (Å²) in [7, 11) is 3.44. The number of carbonyl (C=O) groups excluding carboxylic acids is 1. The second-order valence-electron chi connectivity index (χ2n) is 5.41. The number of nitrogens with one attached hydrogen (secondary N) is 1. The lowest BCUT2D eigenvalue weighted by Crippen LogP contribution is -2.28. The van der Waals surface area contributed by atoms with Crippen LogP contribution >= 0.6 is 0 Å². The Balaban J connectivity index is 2.09. The lowest BCUT2D eigenvalue weighted by atomic mass is 10.2. The highest BCUT2D eigenvalue weighted by molar-refractivity contribution is 5.77.